The van der Waals surface area contributed by atoms with Crippen molar-refractivity contribution in [1.82, 2.24) is 20.1 Å². The number of aromatic amines is 1. The molecule has 21 heavy (non-hydrogen) atoms. The summed E-state index contributed by atoms with van der Waals surface area (Å²) in [5.74, 6) is 1.09. The van der Waals surface area contributed by atoms with E-state index in [2.05, 4.69) is 15.2 Å². The summed E-state index contributed by atoms with van der Waals surface area (Å²) in [4.78, 5) is 16.9. The molecule has 1 heterocycles. The number of rotatable bonds is 5. The minimum atomic E-state index is -0.229. The molecule has 1 aromatic heterocycles. The summed E-state index contributed by atoms with van der Waals surface area (Å²) < 4.78 is 5.55. The van der Waals surface area contributed by atoms with E-state index >= 15 is 0 Å². The van der Waals surface area contributed by atoms with Crippen LogP contribution in [-0.2, 0) is 0 Å². The molecule has 0 amide bonds. The van der Waals surface area contributed by atoms with Gasteiger partial charge in [0.25, 0.3) is 5.56 Å². The highest BCUT2D eigenvalue weighted by molar-refractivity contribution is 5.63. The standard InChI is InChI=1S/C15H20N4O2/c1-5-21-12-9-7-6-8-11(12)14-16-15(20)13(17-18-14)10(2)19(3)4/h6-10H,5H2,1-4H3,(H,16,18,20). The maximum Gasteiger partial charge on any atom is 0.274 e. The Bertz CT molecular complexity index is 667. The van der Waals surface area contributed by atoms with E-state index < -0.39 is 0 Å². The number of nitrogens with zero attached hydrogens (tertiary/aromatic N) is 3. The topological polar surface area (TPSA) is 71.1 Å². The second kappa shape index (κ2) is 6.49. The lowest BCUT2D eigenvalue weighted by molar-refractivity contribution is 0.310. The maximum atomic E-state index is 12.2. The number of nitrogens with one attached hydrogen (secondary N) is 1. The van der Waals surface area contributed by atoms with Crippen LogP contribution in [0.15, 0.2) is 29.1 Å². The highest BCUT2D eigenvalue weighted by atomic mass is 16.5. The van der Waals surface area contributed by atoms with Crippen LogP contribution in [0.2, 0.25) is 0 Å². The van der Waals surface area contributed by atoms with Gasteiger partial charge in [0.1, 0.15) is 11.4 Å². The zero-order valence-electron chi connectivity index (χ0n) is 12.8. The van der Waals surface area contributed by atoms with Gasteiger partial charge < -0.3 is 14.6 Å². The highest BCUT2D eigenvalue weighted by Crippen LogP contribution is 2.26. The molecule has 0 aliphatic rings. The van der Waals surface area contributed by atoms with Crippen LogP contribution in [0, 0.1) is 0 Å². The van der Waals surface area contributed by atoms with Crippen molar-refractivity contribution in [1.29, 1.82) is 0 Å². The summed E-state index contributed by atoms with van der Waals surface area (Å²) >= 11 is 0. The SMILES string of the molecule is CCOc1ccccc1-c1nnc(C(C)N(C)C)c(=O)[nH]1. The Kier molecular flexibility index (Phi) is 4.70. The molecule has 0 radical (unpaired) electrons. The van der Waals surface area contributed by atoms with Gasteiger partial charge in [-0.2, -0.15) is 0 Å². The molecule has 112 valence electrons. The lowest BCUT2D eigenvalue weighted by atomic mass is 10.2. The fourth-order valence-electron chi connectivity index (χ4n) is 1.93. The van der Waals surface area contributed by atoms with Gasteiger partial charge >= 0.3 is 0 Å². The summed E-state index contributed by atoms with van der Waals surface area (Å²) in [5.41, 5.74) is 0.901. The first-order chi connectivity index (χ1) is 10.0. The molecule has 1 aromatic carbocycles. The van der Waals surface area contributed by atoms with Gasteiger partial charge in [0.15, 0.2) is 5.82 Å². The number of hydrogen-bond acceptors (Lipinski definition) is 5. The predicted octanol–water partition coefficient (Wildman–Crippen LogP) is 1.85. The van der Waals surface area contributed by atoms with Crippen LogP contribution >= 0.6 is 0 Å². The zero-order valence-corrected chi connectivity index (χ0v) is 12.8. The van der Waals surface area contributed by atoms with Gasteiger partial charge in [0.05, 0.1) is 18.2 Å². The molecule has 6 heteroatoms. The Morgan fingerprint density at radius 1 is 1.29 bits per heavy atom. The van der Waals surface area contributed by atoms with Crippen molar-refractivity contribution in [2.24, 2.45) is 0 Å². The van der Waals surface area contributed by atoms with Gasteiger partial charge in [0.2, 0.25) is 0 Å². The fourth-order valence-corrected chi connectivity index (χ4v) is 1.93. The van der Waals surface area contributed by atoms with Crippen LogP contribution in [0.5, 0.6) is 5.75 Å². The number of hydrogen-bond donors (Lipinski definition) is 1. The van der Waals surface area contributed by atoms with Gasteiger partial charge in [-0.15, -0.1) is 10.2 Å². The third-order valence-corrected chi connectivity index (χ3v) is 3.33. The van der Waals surface area contributed by atoms with Crippen molar-refractivity contribution in [2.45, 2.75) is 19.9 Å². The predicted molar refractivity (Wildman–Crippen MR) is 81.4 cm³/mol. The second-order valence-electron chi connectivity index (χ2n) is 4.96. The number of H-pyrrole nitrogens is 1. The monoisotopic (exact) mass is 288 g/mol. The smallest absolute Gasteiger partial charge is 0.274 e. The minimum Gasteiger partial charge on any atom is -0.493 e. The first kappa shape index (κ1) is 15.2. The van der Waals surface area contributed by atoms with E-state index in [4.69, 9.17) is 4.74 Å². The van der Waals surface area contributed by atoms with Crippen LogP contribution in [0.4, 0.5) is 0 Å². The molecule has 1 N–H and O–H groups in total. The molecule has 0 aliphatic carbocycles. The third-order valence-electron chi connectivity index (χ3n) is 3.33. The molecule has 0 aliphatic heterocycles. The third kappa shape index (κ3) is 3.28. The van der Waals surface area contributed by atoms with E-state index in [1.807, 2.05) is 57.1 Å². The van der Waals surface area contributed by atoms with Gasteiger partial charge in [0, 0.05) is 0 Å². The Balaban J connectivity index is 2.44. The lowest BCUT2D eigenvalue weighted by Gasteiger charge is -2.17. The molecule has 0 saturated heterocycles. The van der Waals surface area contributed by atoms with Gasteiger partial charge in [-0.25, -0.2) is 0 Å². The number of benzene rings is 1. The molecule has 2 rings (SSSR count). The Labute approximate surface area is 123 Å². The molecule has 1 unspecified atom stereocenters. The van der Waals surface area contributed by atoms with Crippen molar-refractivity contribution < 1.29 is 4.74 Å². The summed E-state index contributed by atoms with van der Waals surface area (Å²) in [5, 5.41) is 8.23. The van der Waals surface area contributed by atoms with E-state index in [1.165, 1.54) is 0 Å². The highest BCUT2D eigenvalue weighted by Gasteiger charge is 2.16. The molecule has 0 bridgehead atoms. The maximum absolute atomic E-state index is 12.2. The zero-order chi connectivity index (χ0) is 15.4. The molecule has 1 atom stereocenters. The van der Waals surface area contributed by atoms with Crippen LogP contribution in [0.1, 0.15) is 25.6 Å². The molecule has 2 aromatic rings. The van der Waals surface area contributed by atoms with Crippen molar-refractivity contribution in [2.75, 3.05) is 20.7 Å². The molecular weight excluding hydrogens is 268 g/mol. The molecule has 6 nitrogen and oxygen atoms in total. The Hall–Kier alpha value is -2.21. The Morgan fingerprint density at radius 3 is 2.62 bits per heavy atom. The summed E-state index contributed by atoms with van der Waals surface area (Å²) in [6, 6.07) is 7.34. The molecular formula is C15H20N4O2. The van der Waals surface area contributed by atoms with Crippen LogP contribution in [-0.4, -0.2) is 40.8 Å². The van der Waals surface area contributed by atoms with E-state index in [1.54, 1.807) is 0 Å². The van der Waals surface area contributed by atoms with Crippen LogP contribution in [0.3, 0.4) is 0 Å². The van der Waals surface area contributed by atoms with Crippen LogP contribution in [0.25, 0.3) is 11.4 Å². The van der Waals surface area contributed by atoms with E-state index in [-0.39, 0.29) is 11.6 Å². The molecule has 0 spiro atoms. The summed E-state index contributed by atoms with van der Waals surface area (Å²) in [6.07, 6.45) is 0. The van der Waals surface area contributed by atoms with E-state index in [9.17, 15) is 4.79 Å². The molecule has 0 fully saturated rings. The van der Waals surface area contributed by atoms with Crippen molar-refractivity contribution in [3.63, 3.8) is 0 Å². The van der Waals surface area contributed by atoms with Gasteiger partial charge in [-0.05, 0) is 40.1 Å². The number of aromatic nitrogens is 3. The first-order valence-corrected chi connectivity index (χ1v) is 6.90. The fraction of sp³-hybridized carbons (Fsp3) is 0.400. The van der Waals surface area contributed by atoms with Gasteiger partial charge in [-0.3, -0.25) is 4.79 Å². The average Bonchev–Trinajstić information content (AvgIpc) is 2.47. The van der Waals surface area contributed by atoms with Gasteiger partial charge in [-0.1, -0.05) is 12.1 Å². The number of para-hydroxylation sites is 1. The summed E-state index contributed by atoms with van der Waals surface area (Å²) in [7, 11) is 3.79. The van der Waals surface area contributed by atoms with Crippen molar-refractivity contribution in [3.05, 3.63) is 40.3 Å². The average molecular weight is 288 g/mol. The lowest BCUT2D eigenvalue weighted by Crippen LogP contribution is -2.27. The minimum absolute atomic E-state index is 0.0996. The van der Waals surface area contributed by atoms with E-state index in [0.29, 0.717) is 23.9 Å². The van der Waals surface area contributed by atoms with Crippen molar-refractivity contribution in [3.8, 4) is 17.1 Å². The number of ether oxygens (including phenoxy) is 1. The normalized spacial score (nSPS) is 12.4. The van der Waals surface area contributed by atoms with Crippen LogP contribution < -0.4 is 10.3 Å². The summed E-state index contributed by atoms with van der Waals surface area (Å²) in [6.45, 7) is 4.37. The second-order valence-corrected chi connectivity index (χ2v) is 4.96. The quantitative estimate of drug-likeness (QED) is 0.909. The van der Waals surface area contributed by atoms with E-state index in [0.717, 1.165) is 5.56 Å². The van der Waals surface area contributed by atoms with Crippen molar-refractivity contribution >= 4 is 0 Å². The Morgan fingerprint density at radius 2 is 2.00 bits per heavy atom. The first-order valence-electron chi connectivity index (χ1n) is 6.90. The molecule has 0 saturated carbocycles. The largest absolute Gasteiger partial charge is 0.493 e.